The van der Waals surface area contributed by atoms with Crippen molar-refractivity contribution in [3.8, 4) is 12.3 Å². The zero-order valence-electron chi connectivity index (χ0n) is 8.53. The van der Waals surface area contributed by atoms with Crippen LogP contribution in [-0.2, 0) is 11.3 Å². The van der Waals surface area contributed by atoms with Gasteiger partial charge < -0.3 is 15.0 Å². The first-order chi connectivity index (χ1) is 6.70. The van der Waals surface area contributed by atoms with E-state index >= 15 is 0 Å². The summed E-state index contributed by atoms with van der Waals surface area (Å²) in [4.78, 5) is 4.22. The van der Waals surface area contributed by atoms with Crippen molar-refractivity contribution in [2.45, 2.75) is 19.4 Å². The zero-order valence-corrected chi connectivity index (χ0v) is 8.53. The molecule has 0 radical (unpaired) electrons. The molecule has 76 valence electrons. The van der Waals surface area contributed by atoms with Crippen LogP contribution in [0.15, 0.2) is 6.33 Å². The molecule has 14 heavy (non-hydrogen) atoms. The van der Waals surface area contributed by atoms with E-state index in [-0.39, 0.29) is 5.92 Å². The minimum Gasteiger partial charge on any atom is -0.384 e. The third-order valence-corrected chi connectivity index (χ3v) is 2.05. The quantitative estimate of drug-likeness (QED) is 0.721. The Morgan fingerprint density at radius 3 is 3.07 bits per heavy atom. The van der Waals surface area contributed by atoms with Gasteiger partial charge in [-0.2, -0.15) is 0 Å². The lowest BCUT2D eigenvalue weighted by molar-refractivity contribution is 0.183. The van der Waals surface area contributed by atoms with Gasteiger partial charge in [-0.15, -0.1) is 6.42 Å². The Balaban J connectivity index is 2.84. The Morgan fingerprint density at radius 2 is 2.50 bits per heavy atom. The van der Waals surface area contributed by atoms with Crippen LogP contribution in [0.4, 0.5) is 5.82 Å². The Kier molecular flexibility index (Phi) is 3.55. The van der Waals surface area contributed by atoms with Crippen LogP contribution in [0.5, 0.6) is 0 Å². The molecule has 0 aliphatic carbocycles. The van der Waals surface area contributed by atoms with Gasteiger partial charge in [0.2, 0.25) is 0 Å². The van der Waals surface area contributed by atoms with E-state index in [1.54, 1.807) is 18.0 Å². The molecule has 2 N–H and O–H groups in total. The van der Waals surface area contributed by atoms with E-state index in [1.165, 1.54) is 0 Å². The van der Waals surface area contributed by atoms with Crippen LogP contribution in [0.25, 0.3) is 0 Å². The molecule has 0 spiro atoms. The minimum absolute atomic E-state index is 0.194. The summed E-state index contributed by atoms with van der Waals surface area (Å²) in [6, 6.07) is 0. The first kappa shape index (κ1) is 10.6. The fourth-order valence-electron chi connectivity index (χ4n) is 1.34. The summed E-state index contributed by atoms with van der Waals surface area (Å²) in [5.74, 6) is 3.35. The van der Waals surface area contributed by atoms with Crippen LogP contribution < -0.4 is 5.73 Å². The second-order valence-corrected chi connectivity index (χ2v) is 3.20. The number of anilines is 1. The van der Waals surface area contributed by atoms with Crippen molar-refractivity contribution in [1.29, 1.82) is 0 Å². The van der Waals surface area contributed by atoms with Gasteiger partial charge in [0.15, 0.2) is 0 Å². The lowest BCUT2D eigenvalue weighted by atomic mass is 10.1. The fourth-order valence-corrected chi connectivity index (χ4v) is 1.34. The number of ether oxygens (including phenoxy) is 1. The van der Waals surface area contributed by atoms with Crippen molar-refractivity contribution in [1.82, 2.24) is 9.55 Å². The van der Waals surface area contributed by atoms with Gasteiger partial charge in [0.1, 0.15) is 5.82 Å². The third-order valence-electron chi connectivity index (χ3n) is 2.05. The summed E-state index contributed by atoms with van der Waals surface area (Å²) in [7, 11) is 1.66. The van der Waals surface area contributed by atoms with E-state index in [2.05, 4.69) is 10.9 Å². The van der Waals surface area contributed by atoms with Gasteiger partial charge in [-0.05, 0) is 0 Å². The molecule has 0 fully saturated rings. The van der Waals surface area contributed by atoms with Crippen molar-refractivity contribution in [3.05, 3.63) is 12.0 Å². The maximum Gasteiger partial charge on any atom is 0.127 e. The molecule has 0 saturated carbocycles. The highest BCUT2D eigenvalue weighted by Crippen LogP contribution is 2.20. The molecule has 1 unspecified atom stereocenters. The van der Waals surface area contributed by atoms with Crippen molar-refractivity contribution >= 4 is 5.82 Å². The lowest BCUT2D eigenvalue weighted by Gasteiger charge is -2.08. The fraction of sp³-hybridized carbons (Fsp3) is 0.500. The number of nitrogen functional groups attached to an aromatic ring is 1. The molecule has 0 aliphatic rings. The first-order valence-corrected chi connectivity index (χ1v) is 4.43. The van der Waals surface area contributed by atoms with Gasteiger partial charge in [-0.1, -0.05) is 12.8 Å². The number of imidazole rings is 1. The van der Waals surface area contributed by atoms with Crippen LogP contribution in [0.3, 0.4) is 0 Å². The number of hydrogen-bond acceptors (Lipinski definition) is 3. The molecule has 1 heterocycles. The van der Waals surface area contributed by atoms with Gasteiger partial charge in [-0.25, -0.2) is 4.98 Å². The average molecular weight is 193 g/mol. The van der Waals surface area contributed by atoms with E-state index in [0.29, 0.717) is 19.0 Å². The lowest BCUT2D eigenvalue weighted by Crippen LogP contribution is -2.07. The number of hydrogen-bond donors (Lipinski definition) is 1. The molecule has 0 aliphatic heterocycles. The standard InChI is InChI=1S/C10H15N3O/c1-4-5-13-7-12-9(10(13)11)8(2)6-14-3/h1,7-8H,5-6,11H2,2-3H3. The molecule has 0 bridgehead atoms. The molecule has 0 saturated heterocycles. The summed E-state index contributed by atoms with van der Waals surface area (Å²) < 4.78 is 6.79. The van der Waals surface area contributed by atoms with E-state index in [0.717, 1.165) is 5.69 Å². The average Bonchev–Trinajstić information content (AvgIpc) is 2.49. The van der Waals surface area contributed by atoms with Gasteiger partial charge in [0, 0.05) is 13.0 Å². The molecule has 1 rings (SSSR count). The zero-order chi connectivity index (χ0) is 10.6. The van der Waals surface area contributed by atoms with Crippen LogP contribution >= 0.6 is 0 Å². The predicted molar refractivity (Wildman–Crippen MR) is 55.8 cm³/mol. The van der Waals surface area contributed by atoms with Crippen LogP contribution in [0.2, 0.25) is 0 Å². The van der Waals surface area contributed by atoms with Crippen LogP contribution in [0, 0.1) is 12.3 Å². The van der Waals surface area contributed by atoms with Gasteiger partial charge >= 0.3 is 0 Å². The Morgan fingerprint density at radius 1 is 1.79 bits per heavy atom. The largest absolute Gasteiger partial charge is 0.384 e. The van der Waals surface area contributed by atoms with Crippen molar-refractivity contribution in [2.24, 2.45) is 0 Å². The normalized spacial score (nSPS) is 12.4. The van der Waals surface area contributed by atoms with Crippen molar-refractivity contribution in [3.63, 3.8) is 0 Å². The van der Waals surface area contributed by atoms with Gasteiger partial charge in [-0.3, -0.25) is 0 Å². The molecule has 1 aromatic heterocycles. The van der Waals surface area contributed by atoms with Gasteiger partial charge in [0.25, 0.3) is 0 Å². The van der Waals surface area contributed by atoms with Crippen LogP contribution in [0.1, 0.15) is 18.5 Å². The number of methoxy groups -OCH3 is 1. The van der Waals surface area contributed by atoms with E-state index in [1.807, 2.05) is 6.92 Å². The summed E-state index contributed by atoms with van der Waals surface area (Å²) >= 11 is 0. The smallest absolute Gasteiger partial charge is 0.127 e. The second kappa shape index (κ2) is 4.68. The Bertz CT molecular complexity index is 338. The van der Waals surface area contributed by atoms with Crippen molar-refractivity contribution in [2.75, 3.05) is 19.5 Å². The predicted octanol–water partition coefficient (Wildman–Crippen LogP) is 0.848. The third kappa shape index (κ3) is 2.06. The molecule has 1 aromatic rings. The van der Waals surface area contributed by atoms with Crippen molar-refractivity contribution < 1.29 is 4.74 Å². The molecule has 0 amide bonds. The summed E-state index contributed by atoms with van der Waals surface area (Å²) in [5.41, 5.74) is 6.72. The molecule has 1 atom stereocenters. The minimum atomic E-state index is 0.194. The first-order valence-electron chi connectivity index (χ1n) is 4.43. The highest BCUT2D eigenvalue weighted by atomic mass is 16.5. The summed E-state index contributed by atoms with van der Waals surface area (Å²) in [5, 5.41) is 0. The summed E-state index contributed by atoms with van der Waals surface area (Å²) in [6.07, 6.45) is 6.86. The molecule has 4 nitrogen and oxygen atoms in total. The number of nitrogens with zero attached hydrogens (tertiary/aromatic N) is 2. The molecule has 4 heteroatoms. The highest BCUT2D eigenvalue weighted by Gasteiger charge is 2.13. The Hall–Kier alpha value is -1.47. The molecular weight excluding hydrogens is 178 g/mol. The SMILES string of the molecule is C#CCn1cnc(C(C)COC)c1N. The maximum atomic E-state index is 5.87. The maximum absolute atomic E-state index is 5.87. The van der Waals surface area contributed by atoms with E-state index in [4.69, 9.17) is 16.9 Å². The highest BCUT2D eigenvalue weighted by molar-refractivity contribution is 5.38. The van der Waals surface area contributed by atoms with Crippen LogP contribution in [-0.4, -0.2) is 23.3 Å². The number of terminal acetylenes is 1. The monoisotopic (exact) mass is 193 g/mol. The number of nitrogens with two attached hydrogens (primary N) is 1. The molecule has 0 aromatic carbocycles. The Labute approximate surface area is 84.1 Å². The van der Waals surface area contributed by atoms with Gasteiger partial charge in [0.05, 0.1) is 25.2 Å². The topological polar surface area (TPSA) is 53.1 Å². The number of rotatable bonds is 4. The summed E-state index contributed by atoms with van der Waals surface area (Å²) in [6.45, 7) is 3.08. The van der Waals surface area contributed by atoms with E-state index in [9.17, 15) is 0 Å². The van der Waals surface area contributed by atoms with E-state index < -0.39 is 0 Å². The second-order valence-electron chi connectivity index (χ2n) is 3.20. The molecular formula is C10H15N3O. The number of aromatic nitrogens is 2.